The van der Waals surface area contributed by atoms with E-state index in [-0.39, 0.29) is 12.5 Å². The van der Waals surface area contributed by atoms with E-state index in [2.05, 4.69) is 5.10 Å². The second-order valence-corrected chi connectivity index (χ2v) is 3.90. The lowest BCUT2D eigenvalue weighted by Gasteiger charge is -2.05. The predicted molar refractivity (Wildman–Crippen MR) is 64.3 cm³/mol. The molecule has 88 valence electrons. The van der Waals surface area contributed by atoms with Crippen LogP contribution < -0.4 is 4.74 Å². The molecule has 1 aromatic heterocycles. The first-order valence-corrected chi connectivity index (χ1v) is 5.40. The molecule has 0 radical (unpaired) electrons. The molecule has 17 heavy (non-hydrogen) atoms. The van der Waals surface area contributed by atoms with Gasteiger partial charge in [0.15, 0.2) is 6.61 Å². The number of benzene rings is 1. The Kier molecular flexibility index (Phi) is 3.23. The lowest BCUT2D eigenvalue weighted by atomic mass is 10.2. The van der Waals surface area contributed by atoms with E-state index in [0.717, 1.165) is 11.3 Å². The number of carbonyl (C=O) groups is 1. The SMILES string of the molecule is Cc1ccc(OCC(=O)n2ccc(C)n2)cc1. The maximum atomic E-state index is 11.7. The normalized spacial score (nSPS) is 10.2. The van der Waals surface area contributed by atoms with E-state index in [0.29, 0.717) is 5.75 Å². The number of ether oxygens (including phenoxy) is 1. The molecule has 0 saturated heterocycles. The molecule has 4 nitrogen and oxygen atoms in total. The summed E-state index contributed by atoms with van der Waals surface area (Å²) in [5, 5.41) is 4.02. The molecule has 4 heteroatoms. The zero-order valence-electron chi connectivity index (χ0n) is 9.88. The molecule has 0 atom stereocenters. The first-order valence-electron chi connectivity index (χ1n) is 5.40. The summed E-state index contributed by atoms with van der Waals surface area (Å²) in [6.45, 7) is 3.83. The van der Waals surface area contributed by atoms with Crippen molar-refractivity contribution in [2.75, 3.05) is 6.61 Å². The lowest BCUT2D eigenvalue weighted by Crippen LogP contribution is -2.19. The molecule has 0 spiro atoms. The lowest BCUT2D eigenvalue weighted by molar-refractivity contribution is 0.0820. The van der Waals surface area contributed by atoms with E-state index in [1.807, 2.05) is 38.1 Å². The van der Waals surface area contributed by atoms with Crippen LogP contribution in [0.15, 0.2) is 36.5 Å². The second kappa shape index (κ2) is 4.82. The minimum absolute atomic E-state index is 0.00974. The summed E-state index contributed by atoms with van der Waals surface area (Å²) in [7, 11) is 0. The first-order chi connectivity index (χ1) is 8.15. The van der Waals surface area contributed by atoms with Gasteiger partial charge in [-0.05, 0) is 32.0 Å². The van der Waals surface area contributed by atoms with Gasteiger partial charge in [0, 0.05) is 6.20 Å². The quantitative estimate of drug-likeness (QED) is 0.812. The zero-order chi connectivity index (χ0) is 12.3. The Morgan fingerprint density at radius 1 is 1.24 bits per heavy atom. The monoisotopic (exact) mass is 230 g/mol. The van der Waals surface area contributed by atoms with Gasteiger partial charge in [-0.1, -0.05) is 17.7 Å². The summed E-state index contributed by atoms with van der Waals surface area (Å²) in [5.41, 5.74) is 1.97. The third-order valence-corrected chi connectivity index (χ3v) is 2.36. The maximum Gasteiger partial charge on any atom is 0.284 e. The Morgan fingerprint density at radius 2 is 1.94 bits per heavy atom. The van der Waals surface area contributed by atoms with E-state index in [9.17, 15) is 4.79 Å². The predicted octanol–water partition coefficient (Wildman–Crippen LogP) is 2.22. The number of hydrogen-bond donors (Lipinski definition) is 0. The van der Waals surface area contributed by atoms with Crippen molar-refractivity contribution >= 4 is 5.91 Å². The topological polar surface area (TPSA) is 44.1 Å². The summed E-state index contributed by atoms with van der Waals surface area (Å²) in [4.78, 5) is 11.7. The Morgan fingerprint density at radius 3 is 2.53 bits per heavy atom. The highest BCUT2D eigenvalue weighted by atomic mass is 16.5. The van der Waals surface area contributed by atoms with Crippen molar-refractivity contribution in [1.82, 2.24) is 9.78 Å². The first kappa shape index (κ1) is 11.4. The van der Waals surface area contributed by atoms with Gasteiger partial charge < -0.3 is 4.74 Å². The van der Waals surface area contributed by atoms with Gasteiger partial charge in [-0.25, -0.2) is 4.68 Å². The Hall–Kier alpha value is -2.10. The van der Waals surface area contributed by atoms with Crippen LogP contribution in [0.5, 0.6) is 5.75 Å². The average molecular weight is 230 g/mol. The van der Waals surface area contributed by atoms with Gasteiger partial charge in [0.2, 0.25) is 0 Å². The number of nitrogens with zero attached hydrogens (tertiary/aromatic N) is 2. The molecule has 0 bridgehead atoms. The minimum Gasteiger partial charge on any atom is -0.484 e. The van der Waals surface area contributed by atoms with E-state index in [1.54, 1.807) is 12.3 Å². The largest absolute Gasteiger partial charge is 0.484 e. The molecule has 1 heterocycles. The van der Waals surface area contributed by atoms with Crippen molar-refractivity contribution < 1.29 is 9.53 Å². The second-order valence-electron chi connectivity index (χ2n) is 3.90. The molecule has 0 aliphatic heterocycles. The third kappa shape index (κ3) is 2.93. The van der Waals surface area contributed by atoms with E-state index < -0.39 is 0 Å². The molecule has 1 aromatic carbocycles. The number of carbonyl (C=O) groups excluding carboxylic acids is 1. The van der Waals surface area contributed by atoms with Gasteiger partial charge in [0.25, 0.3) is 5.91 Å². The molecule has 0 saturated carbocycles. The van der Waals surface area contributed by atoms with E-state index >= 15 is 0 Å². The van der Waals surface area contributed by atoms with Crippen molar-refractivity contribution in [3.63, 3.8) is 0 Å². The van der Waals surface area contributed by atoms with Crippen LogP contribution in [0.3, 0.4) is 0 Å². The fraction of sp³-hybridized carbons (Fsp3) is 0.231. The van der Waals surface area contributed by atoms with Crippen molar-refractivity contribution in [2.24, 2.45) is 0 Å². The van der Waals surface area contributed by atoms with Gasteiger partial charge in [-0.2, -0.15) is 5.10 Å². The fourth-order valence-electron chi connectivity index (χ4n) is 1.40. The molecule has 0 amide bonds. The summed E-state index contributed by atoms with van der Waals surface area (Å²) in [5.74, 6) is 0.506. The van der Waals surface area contributed by atoms with E-state index in [1.165, 1.54) is 4.68 Å². The molecular formula is C13H14N2O2. The van der Waals surface area contributed by atoms with Crippen LogP contribution in [0, 0.1) is 13.8 Å². The number of aryl methyl sites for hydroxylation is 2. The van der Waals surface area contributed by atoms with Crippen molar-refractivity contribution in [3.8, 4) is 5.75 Å². The van der Waals surface area contributed by atoms with Crippen LogP contribution in [0.25, 0.3) is 0 Å². The Labute approximate surface area is 99.8 Å². The Bertz CT molecular complexity index is 514. The molecular weight excluding hydrogens is 216 g/mol. The zero-order valence-corrected chi connectivity index (χ0v) is 9.88. The van der Waals surface area contributed by atoms with Crippen molar-refractivity contribution in [3.05, 3.63) is 47.8 Å². The smallest absolute Gasteiger partial charge is 0.284 e. The highest BCUT2D eigenvalue weighted by Crippen LogP contribution is 2.11. The van der Waals surface area contributed by atoms with Crippen LogP contribution in [-0.4, -0.2) is 22.3 Å². The summed E-state index contributed by atoms with van der Waals surface area (Å²) >= 11 is 0. The summed E-state index contributed by atoms with van der Waals surface area (Å²) in [6.07, 6.45) is 1.64. The van der Waals surface area contributed by atoms with Crippen LogP contribution >= 0.6 is 0 Å². The van der Waals surface area contributed by atoms with Gasteiger partial charge in [0.1, 0.15) is 5.75 Å². The highest BCUT2D eigenvalue weighted by molar-refractivity contribution is 5.79. The average Bonchev–Trinajstić information content (AvgIpc) is 2.75. The van der Waals surface area contributed by atoms with Crippen LogP contribution in [0.4, 0.5) is 0 Å². The molecule has 0 N–H and O–H groups in total. The van der Waals surface area contributed by atoms with Gasteiger partial charge in [-0.3, -0.25) is 4.79 Å². The van der Waals surface area contributed by atoms with Crippen molar-refractivity contribution in [2.45, 2.75) is 13.8 Å². The maximum absolute atomic E-state index is 11.7. The molecule has 0 fully saturated rings. The highest BCUT2D eigenvalue weighted by Gasteiger charge is 2.06. The third-order valence-electron chi connectivity index (χ3n) is 2.36. The van der Waals surface area contributed by atoms with Crippen LogP contribution in [-0.2, 0) is 0 Å². The van der Waals surface area contributed by atoms with Crippen molar-refractivity contribution in [1.29, 1.82) is 0 Å². The number of hydrogen-bond acceptors (Lipinski definition) is 3. The summed E-state index contributed by atoms with van der Waals surface area (Å²) < 4.78 is 6.67. The molecule has 0 aliphatic carbocycles. The van der Waals surface area contributed by atoms with Crippen LogP contribution in [0.2, 0.25) is 0 Å². The Balaban J connectivity index is 1.94. The number of rotatable bonds is 3. The van der Waals surface area contributed by atoms with Gasteiger partial charge >= 0.3 is 0 Å². The van der Waals surface area contributed by atoms with Crippen LogP contribution in [0.1, 0.15) is 16.1 Å². The van der Waals surface area contributed by atoms with Gasteiger partial charge in [-0.15, -0.1) is 0 Å². The van der Waals surface area contributed by atoms with E-state index in [4.69, 9.17) is 4.74 Å². The molecule has 0 unspecified atom stereocenters. The summed E-state index contributed by atoms with van der Waals surface area (Å²) in [6, 6.07) is 9.35. The number of aromatic nitrogens is 2. The molecule has 2 rings (SSSR count). The molecule has 2 aromatic rings. The minimum atomic E-state index is -0.182. The van der Waals surface area contributed by atoms with Gasteiger partial charge in [0.05, 0.1) is 5.69 Å². The standard InChI is InChI=1S/C13H14N2O2/c1-10-3-5-12(6-4-10)17-9-13(16)15-8-7-11(2)14-15/h3-8H,9H2,1-2H3. The molecule has 0 aliphatic rings. The fourth-order valence-corrected chi connectivity index (χ4v) is 1.40.